The summed E-state index contributed by atoms with van der Waals surface area (Å²) < 4.78 is 24.6. The molecule has 6 aromatic rings. The molecule has 0 saturated heterocycles. The SMILES string of the molecule is C.COc1nc(C2=NC(c3oc(C)nc3C)CON2)ccc1-n1cnc(C)c1.COc1nc(C2=NC(c3oc(C)nc3C)CON2)ccc1Br.Cc1cnc[nH]1. The number of hydroxylamine groups is 2. The van der Waals surface area contributed by atoms with Crippen LogP contribution >= 0.6 is 15.9 Å². The molecule has 0 aromatic carbocycles. The van der Waals surface area contributed by atoms with Gasteiger partial charge in [-0.05, 0) is 67.9 Å². The van der Waals surface area contributed by atoms with Gasteiger partial charge in [0.1, 0.15) is 42.4 Å². The van der Waals surface area contributed by atoms with Crippen molar-refractivity contribution in [3.05, 3.63) is 111 Å². The molecule has 2 aliphatic rings. The van der Waals surface area contributed by atoms with Crippen molar-refractivity contribution < 1.29 is 28.0 Å². The van der Waals surface area contributed by atoms with Crippen molar-refractivity contribution in [2.45, 2.75) is 61.1 Å². The Morgan fingerprint density at radius 3 is 1.73 bits per heavy atom. The molecule has 18 nitrogen and oxygen atoms in total. The second-order valence-electron chi connectivity index (χ2n) is 12.2. The highest BCUT2D eigenvalue weighted by Gasteiger charge is 2.26. The number of aromatic nitrogens is 8. The van der Waals surface area contributed by atoms with Crippen LogP contribution in [0, 0.1) is 41.5 Å². The molecule has 0 amide bonds. The van der Waals surface area contributed by atoms with Gasteiger partial charge in [-0.2, -0.15) is 0 Å². The zero-order valence-electron chi connectivity index (χ0n) is 31.5. The Kier molecular flexibility index (Phi) is 13.7. The van der Waals surface area contributed by atoms with E-state index in [1.165, 1.54) is 0 Å². The van der Waals surface area contributed by atoms with Crippen LogP contribution < -0.4 is 20.4 Å². The van der Waals surface area contributed by atoms with E-state index in [9.17, 15) is 0 Å². The molecule has 2 atom stereocenters. The fourth-order valence-electron chi connectivity index (χ4n) is 5.52. The maximum Gasteiger partial charge on any atom is 0.238 e. The third kappa shape index (κ3) is 9.84. The maximum atomic E-state index is 5.68. The van der Waals surface area contributed by atoms with E-state index in [1.54, 1.807) is 33.1 Å². The number of rotatable bonds is 7. The number of ether oxygens (including phenoxy) is 2. The third-order valence-corrected chi connectivity index (χ3v) is 8.63. The molecule has 0 spiro atoms. The van der Waals surface area contributed by atoms with Gasteiger partial charge in [0, 0.05) is 31.9 Å². The summed E-state index contributed by atoms with van der Waals surface area (Å²) in [4.78, 5) is 48.6. The van der Waals surface area contributed by atoms with Gasteiger partial charge in [-0.1, -0.05) is 7.43 Å². The zero-order valence-corrected chi connectivity index (χ0v) is 33.1. The summed E-state index contributed by atoms with van der Waals surface area (Å²) in [5.74, 6) is 4.61. The predicted molar refractivity (Wildman–Crippen MR) is 210 cm³/mol. The first-order chi connectivity index (χ1) is 26.5. The molecular formula is C37H45BrN12O6. The normalized spacial score (nSPS) is 16.0. The first-order valence-corrected chi connectivity index (χ1v) is 17.8. The molecule has 0 fully saturated rings. The highest BCUT2D eigenvalue weighted by atomic mass is 79.9. The van der Waals surface area contributed by atoms with Crippen LogP contribution in [-0.4, -0.2) is 78.6 Å². The number of pyridine rings is 2. The van der Waals surface area contributed by atoms with Crippen LogP contribution in [-0.2, 0) is 9.68 Å². The number of aryl methyl sites for hydroxylation is 6. The number of aliphatic imine (C=N–C) groups is 2. The number of methoxy groups -OCH3 is 2. The summed E-state index contributed by atoms with van der Waals surface area (Å²) >= 11 is 3.37. The fourth-order valence-corrected chi connectivity index (χ4v) is 5.91. The minimum Gasteiger partial charge on any atom is -0.480 e. The summed E-state index contributed by atoms with van der Waals surface area (Å²) in [7, 11) is 3.14. The van der Waals surface area contributed by atoms with E-state index in [4.69, 9.17) is 28.0 Å². The number of oxazole rings is 2. The van der Waals surface area contributed by atoms with Crippen LogP contribution in [0.5, 0.6) is 11.8 Å². The summed E-state index contributed by atoms with van der Waals surface area (Å²) in [6.07, 6.45) is 7.07. The number of amidine groups is 2. The number of hydrogen-bond donors (Lipinski definition) is 3. The summed E-state index contributed by atoms with van der Waals surface area (Å²) in [5, 5.41) is 0. The third-order valence-electron chi connectivity index (χ3n) is 8.02. The molecule has 296 valence electrons. The van der Waals surface area contributed by atoms with E-state index in [0.717, 1.165) is 32.9 Å². The van der Waals surface area contributed by atoms with Gasteiger partial charge in [0.2, 0.25) is 11.8 Å². The van der Waals surface area contributed by atoms with Gasteiger partial charge < -0.3 is 27.9 Å². The Bertz CT molecular complexity index is 2280. The van der Waals surface area contributed by atoms with Gasteiger partial charge >= 0.3 is 0 Å². The maximum absolute atomic E-state index is 5.68. The van der Waals surface area contributed by atoms with Crippen molar-refractivity contribution in [3.63, 3.8) is 0 Å². The predicted octanol–water partition coefficient (Wildman–Crippen LogP) is 6.05. The lowest BCUT2D eigenvalue weighted by Crippen LogP contribution is -2.33. The number of halogens is 1. The van der Waals surface area contributed by atoms with E-state index in [1.807, 2.05) is 76.6 Å². The first kappa shape index (κ1) is 41.2. The van der Waals surface area contributed by atoms with Gasteiger partial charge in [-0.3, -0.25) is 19.7 Å². The average molecular weight is 834 g/mol. The summed E-state index contributed by atoms with van der Waals surface area (Å²) in [6, 6.07) is 6.88. The summed E-state index contributed by atoms with van der Waals surface area (Å²) in [5.41, 5.74) is 11.3. The van der Waals surface area contributed by atoms with Crippen LogP contribution in [0.25, 0.3) is 5.69 Å². The van der Waals surface area contributed by atoms with Crippen molar-refractivity contribution in [1.82, 2.24) is 50.4 Å². The number of aromatic amines is 1. The molecule has 0 saturated carbocycles. The van der Waals surface area contributed by atoms with Crippen molar-refractivity contribution in [1.29, 1.82) is 0 Å². The van der Waals surface area contributed by atoms with E-state index in [0.29, 0.717) is 71.3 Å². The monoisotopic (exact) mass is 832 g/mol. The number of imidazole rings is 2. The largest absolute Gasteiger partial charge is 0.480 e. The molecule has 2 aliphatic heterocycles. The van der Waals surface area contributed by atoms with E-state index < -0.39 is 0 Å². The molecule has 0 aliphatic carbocycles. The molecule has 0 radical (unpaired) electrons. The fraction of sp³-hybridized carbons (Fsp3) is 0.351. The van der Waals surface area contributed by atoms with Crippen molar-refractivity contribution in [2.75, 3.05) is 27.4 Å². The molecule has 6 aromatic heterocycles. The lowest BCUT2D eigenvalue weighted by atomic mass is 10.2. The van der Waals surface area contributed by atoms with Gasteiger partial charge in [0.05, 0.1) is 48.4 Å². The van der Waals surface area contributed by atoms with E-state index in [-0.39, 0.29) is 19.5 Å². The minimum absolute atomic E-state index is 0. The quantitative estimate of drug-likeness (QED) is 0.167. The first-order valence-electron chi connectivity index (χ1n) is 17.0. The summed E-state index contributed by atoms with van der Waals surface area (Å²) in [6.45, 7) is 12.0. The molecule has 0 bridgehead atoms. The average Bonchev–Trinajstić information content (AvgIpc) is 4.00. The van der Waals surface area contributed by atoms with E-state index in [2.05, 4.69) is 71.8 Å². The van der Waals surface area contributed by atoms with Crippen LogP contribution in [0.15, 0.2) is 72.6 Å². The number of H-pyrrole nitrogens is 1. The van der Waals surface area contributed by atoms with Crippen molar-refractivity contribution in [3.8, 4) is 17.4 Å². The molecule has 19 heteroatoms. The molecule has 3 N–H and O–H groups in total. The minimum atomic E-state index is -0.286. The molecule has 2 unspecified atom stereocenters. The van der Waals surface area contributed by atoms with Crippen LogP contribution in [0.1, 0.15) is 77.0 Å². The van der Waals surface area contributed by atoms with Crippen LogP contribution in [0.3, 0.4) is 0 Å². The Hall–Kier alpha value is -5.92. The lowest BCUT2D eigenvalue weighted by Gasteiger charge is -2.21. The number of nitrogens with one attached hydrogen (secondary N) is 3. The Labute approximate surface area is 332 Å². The Morgan fingerprint density at radius 1 is 0.750 bits per heavy atom. The molecule has 8 heterocycles. The van der Waals surface area contributed by atoms with Crippen molar-refractivity contribution >= 4 is 27.6 Å². The Morgan fingerprint density at radius 2 is 1.30 bits per heavy atom. The lowest BCUT2D eigenvalue weighted by molar-refractivity contribution is 0.0573. The van der Waals surface area contributed by atoms with Crippen LogP contribution in [0.2, 0.25) is 0 Å². The second-order valence-corrected chi connectivity index (χ2v) is 13.1. The van der Waals surface area contributed by atoms with Crippen molar-refractivity contribution in [2.24, 2.45) is 9.98 Å². The number of nitrogens with zero attached hydrogens (tertiary/aromatic N) is 9. The highest BCUT2D eigenvalue weighted by Crippen LogP contribution is 2.28. The van der Waals surface area contributed by atoms with Gasteiger partial charge in [0.15, 0.2) is 35.0 Å². The molecular weight excluding hydrogens is 788 g/mol. The Balaban J connectivity index is 0.000000186. The number of hydrogen-bond acceptors (Lipinski definition) is 16. The van der Waals surface area contributed by atoms with Gasteiger partial charge in [-0.25, -0.2) is 40.9 Å². The van der Waals surface area contributed by atoms with Crippen LogP contribution in [0.4, 0.5) is 0 Å². The zero-order chi connectivity index (χ0) is 39.1. The van der Waals surface area contributed by atoms with Gasteiger partial charge in [-0.15, -0.1) is 0 Å². The molecule has 8 rings (SSSR count). The van der Waals surface area contributed by atoms with E-state index >= 15 is 0 Å². The standard InChI is InChI=1S/C18H20N6O3.C14H15BrN4O3.C4H6N2.CH4/c1-10-7-24(9-19-10)15-6-5-13(22-18(15)25-4)17-21-14(8-26-23-17)16-11(2)20-12(3)27-16;1-7-12(22-8(2)16-7)11-6-21-19-13(17-11)10-5-4-9(15)14(18-10)20-3;1-4-2-5-3-6-4;/h5-7,9,14H,8H2,1-4H3,(H,21,23);4-5,11H,6H2,1-3H3,(H,17,19);2-3H,1H3,(H,5,6);1H4. The topological polar surface area (TPSA) is 210 Å². The molecule has 56 heavy (non-hydrogen) atoms. The highest BCUT2D eigenvalue weighted by molar-refractivity contribution is 9.10. The second kappa shape index (κ2) is 18.6. The smallest absolute Gasteiger partial charge is 0.238 e. The van der Waals surface area contributed by atoms with Gasteiger partial charge in [0.25, 0.3) is 0 Å².